The Balaban J connectivity index is 1.52. The lowest BCUT2D eigenvalue weighted by molar-refractivity contribution is -0.163. The van der Waals surface area contributed by atoms with E-state index in [0.29, 0.717) is 11.3 Å². The zero-order chi connectivity index (χ0) is 17.3. The molecule has 2 aliphatic rings. The van der Waals surface area contributed by atoms with Gasteiger partial charge in [-0.3, -0.25) is 9.69 Å². The van der Waals surface area contributed by atoms with E-state index in [1.807, 2.05) is 4.90 Å². The number of rotatable bonds is 6. The van der Waals surface area contributed by atoms with E-state index in [-0.39, 0.29) is 12.5 Å². The lowest BCUT2D eigenvalue weighted by atomic mass is 9.72. The van der Waals surface area contributed by atoms with Crippen LogP contribution in [0.1, 0.15) is 30.9 Å². The fourth-order valence-corrected chi connectivity index (χ4v) is 3.86. The number of carbonyl (C=O) groups excluding carboxylic acids is 1. The Hall–Kier alpha value is -1.59. The Labute approximate surface area is 144 Å². The topological polar surface area (TPSA) is 42.0 Å². The Morgan fingerprint density at radius 2 is 1.92 bits per heavy atom. The summed E-state index contributed by atoms with van der Waals surface area (Å²) < 4.78 is 10.5. The number of amides is 1. The number of ether oxygens (including phenoxy) is 2. The van der Waals surface area contributed by atoms with E-state index in [0.717, 1.165) is 38.5 Å². The molecule has 2 aliphatic heterocycles. The second kappa shape index (κ2) is 6.73. The van der Waals surface area contributed by atoms with Gasteiger partial charge in [0.1, 0.15) is 12.4 Å². The molecule has 0 saturated carbocycles. The smallest absolute Gasteiger partial charge is 0.248 e. The predicted octanol–water partition coefficient (Wildman–Crippen LogP) is 2.11. The first kappa shape index (κ1) is 17.2. The van der Waals surface area contributed by atoms with Crippen molar-refractivity contribution >= 4 is 5.91 Å². The summed E-state index contributed by atoms with van der Waals surface area (Å²) >= 11 is 0. The molecule has 1 aromatic carbocycles. The minimum Gasteiger partial charge on any atom is -0.496 e. The third-order valence-electron chi connectivity index (χ3n) is 5.16. The SMILES string of the molecule is COCC(=O)N1CC2(CN(Cc3ccc(C(C)C)cc3OC)C2)C1. The van der Waals surface area contributed by atoms with Gasteiger partial charge in [-0.1, -0.05) is 26.0 Å². The first-order chi connectivity index (χ1) is 11.5. The average Bonchev–Trinajstić information content (AvgIpc) is 2.48. The van der Waals surface area contributed by atoms with E-state index in [4.69, 9.17) is 9.47 Å². The number of carbonyl (C=O) groups is 1. The quantitative estimate of drug-likeness (QED) is 0.800. The van der Waals surface area contributed by atoms with Crippen LogP contribution in [-0.2, 0) is 16.1 Å². The van der Waals surface area contributed by atoms with Crippen molar-refractivity contribution in [2.24, 2.45) is 5.41 Å². The highest BCUT2D eigenvalue weighted by molar-refractivity contribution is 5.78. The molecule has 0 unspecified atom stereocenters. The van der Waals surface area contributed by atoms with Gasteiger partial charge >= 0.3 is 0 Å². The summed E-state index contributed by atoms with van der Waals surface area (Å²) in [5, 5.41) is 0. The summed E-state index contributed by atoms with van der Waals surface area (Å²) in [4.78, 5) is 16.1. The van der Waals surface area contributed by atoms with Crippen molar-refractivity contribution in [2.45, 2.75) is 26.3 Å². The molecule has 0 atom stereocenters. The summed E-state index contributed by atoms with van der Waals surface area (Å²) in [6.07, 6.45) is 0. The van der Waals surface area contributed by atoms with Crippen LogP contribution < -0.4 is 4.74 Å². The highest BCUT2D eigenvalue weighted by Gasteiger charge is 2.52. The molecule has 0 radical (unpaired) electrons. The first-order valence-corrected chi connectivity index (χ1v) is 8.62. The maximum atomic E-state index is 11.8. The van der Waals surface area contributed by atoms with Crippen LogP contribution in [0.5, 0.6) is 5.75 Å². The second-order valence-corrected chi connectivity index (χ2v) is 7.55. The van der Waals surface area contributed by atoms with E-state index in [9.17, 15) is 4.79 Å². The second-order valence-electron chi connectivity index (χ2n) is 7.55. The van der Waals surface area contributed by atoms with Crippen molar-refractivity contribution in [1.29, 1.82) is 0 Å². The van der Waals surface area contributed by atoms with Gasteiger partial charge in [-0.25, -0.2) is 0 Å². The van der Waals surface area contributed by atoms with E-state index in [1.165, 1.54) is 11.1 Å². The summed E-state index contributed by atoms with van der Waals surface area (Å²) in [5.41, 5.74) is 2.86. The Kier molecular flexibility index (Phi) is 4.83. The van der Waals surface area contributed by atoms with Gasteiger partial charge in [0.05, 0.1) is 7.11 Å². The number of hydrogen-bond acceptors (Lipinski definition) is 4. The fraction of sp³-hybridized carbons (Fsp3) is 0.632. The Morgan fingerprint density at radius 3 is 2.50 bits per heavy atom. The highest BCUT2D eigenvalue weighted by Crippen LogP contribution is 2.41. The molecule has 24 heavy (non-hydrogen) atoms. The van der Waals surface area contributed by atoms with Crippen LogP contribution in [0.2, 0.25) is 0 Å². The molecule has 5 nitrogen and oxygen atoms in total. The summed E-state index contributed by atoms with van der Waals surface area (Å²) in [5.74, 6) is 1.59. The lowest BCUT2D eigenvalue weighted by Gasteiger charge is -2.60. The zero-order valence-corrected chi connectivity index (χ0v) is 15.2. The summed E-state index contributed by atoms with van der Waals surface area (Å²) in [6, 6.07) is 6.55. The molecule has 2 heterocycles. The maximum Gasteiger partial charge on any atom is 0.248 e. The van der Waals surface area contributed by atoms with Gasteiger partial charge in [-0.2, -0.15) is 0 Å². The first-order valence-electron chi connectivity index (χ1n) is 8.62. The monoisotopic (exact) mass is 332 g/mol. The molecule has 2 saturated heterocycles. The van der Waals surface area contributed by atoms with E-state index < -0.39 is 0 Å². The minimum atomic E-state index is 0.104. The molecule has 0 aromatic heterocycles. The molecule has 5 heteroatoms. The number of nitrogens with zero attached hydrogens (tertiary/aromatic N) is 2. The molecule has 0 aliphatic carbocycles. The van der Waals surface area contributed by atoms with Crippen LogP contribution in [0, 0.1) is 5.41 Å². The number of likely N-dealkylation sites (tertiary alicyclic amines) is 2. The van der Waals surface area contributed by atoms with E-state index in [2.05, 4.69) is 36.9 Å². The maximum absolute atomic E-state index is 11.8. The van der Waals surface area contributed by atoms with Crippen molar-refractivity contribution in [3.63, 3.8) is 0 Å². The Bertz CT molecular complexity index is 601. The van der Waals surface area contributed by atoms with Gasteiger partial charge in [-0.15, -0.1) is 0 Å². The van der Waals surface area contributed by atoms with Gasteiger partial charge in [-0.05, 0) is 17.5 Å². The van der Waals surface area contributed by atoms with Crippen LogP contribution in [0.15, 0.2) is 18.2 Å². The summed E-state index contributed by atoms with van der Waals surface area (Å²) in [6.45, 7) is 9.35. The predicted molar refractivity (Wildman–Crippen MR) is 93.2 cm³/mol. The van der Waals surface area contributed by atoms with Gasteiger partial charge in [0.2, 0.25) is 5.91 Å². The third-order valence-corrected chi connectivity index (χ3v) is 5.16. The van der Waals surface area contributed by atoms with Gasteiger partial charge in [0.25, 0.3) is 0 Å². The van der Waals surface area contributed by atoms with Gasteiger partial charge in [0, 0.05) is 50.8 Å². The largest absolute Gasteiger partial charge is 0.496 e. The van der Waals surface area contributed by atoms with Crippen molar-refractivity contribution in [1.82, 2.24) is 9.80 Å². The molecule has 3 rings (SSSR count). The van der Waals surface area contributed by atoms with Gasteiger partial charge in [0.15, 0.2) is 0 Å². The molecule has 0 bridgehead atoms. The molecule has 1 aromatic rings. The molecule has 132 valence electrons. The third kappa shape index (κ3) is 3.28. The van der Waals surface area contributed by atoms with Crippen LogP contribution in [-0.4, -0.2) is 62.7 Å². The normalized spacial score (nSPS) is 19.3. The van der Waals surface area contributed by atoms with Crippen molar-refractivity contribution in [3.05, 3.63) is 29.3 Å². The van der Waals surface area contributed by atoms with Crippen LogP contribution >= 0.6 is 0 Å². The fourth-order valence-electron chi connectivity index (χ4n) is 3.86. The average molecular weight is 332 g/mol. The lowest BCUT2D eigenvalue weighted by Crippen LogP contribution is -2.72. The highest BCUT2D eigenvalue weighted by atomic mass is 16.5. The standard InChI is InChI=1S/C19H28N2O3/c1-14(2)15-5-6-16(17(7-15)24-4)8-20-10-19(11-20)12-21(13-19)18(22)9-23-3/h5-7,14H,8-13H2,1-4H3. The van der Waals surface area contributed by atoms with Crippen molar-refractivity contribution in [2.75, 3.05) is 47.0 Å². The van der Waals surface area contributed by atoms with E-state index >= 15 is 0 Å². The van der Waals surface area contributed by atoms with Gasteiger partial charge < -0.3 is 14.4 Å². The molecular weight excluding hydrogens is 304 g/mol. The van der Waals surface area contributed by atoms with Crippen LogP contribution in [0.4, 0.5) is 0 Å². The van der Waals surface area contributed by atoms with Crippen molar-refractivity contribution < 1.29 is 14.3 Å². The molecule has 0 N–H and O–H groups in total. The molecule has 1 spiro atoms. The van der Waals surface area contributed by atoms with Crippen molar-refractivity contribution in [3.8, 4) is 5.75 Å². The molecule has 1 amide bonds. The minimum absolute atomic E-state index is 0.104. The van der Waals surface area contributed by atoms with Crippen LogP contribution in [0.25, 0.3) is 0 Å². The zero-order valence-electron chi connectivity index (χ0n) is 15.2. The van der Waals surface area contributed by atoms with Crippen LogP contribution in [0.3, 0.4) is 0 Å². The Morgan fingerprint density at radius 1 is 1.21 bits per heavy atom. The number of benzene rings is 1. The van der Waals surface area contributed by atoms with E-state index in [1.54, 1.807) is 14.2 Å². The number of hydrogen-bond donors (Lipinski definition) is 0. The number of methoxy groups -OCH3 is 2. The molecule has 2 fully saturated rings. The summed E-state index contributed by atoms with van der Waals surface area (Å²) in [7, 11) is 3.31. The molecular formula is C19H28N2O3.